The van der Waals surface area contributed by atoms with Crippen LogP contribution < -0.4 is 20.1 Å². The van der Waals surface area contributed by atoms with Gasteiger partial charge in [-0.3, -0.25) is 48.2 Å². The van der Waals surface area contributed by atoms with Crippen LogP contribution in [0.5, 0.6) is 0 Å². The number of carbonyl (C=O) groups is 8. The highest BCUT2D eigenvalue weighted by atomic mass is 32.2. The van der Waals surface area contributed by atoms with Crippen molar-refractivity contribution in [3.05, 3.63) is 190 Å². The minimum atomic E-state index is -4.03. The number of sulfonamides is 2. The first-order chi connectivity index (χ1) is 41.6. The summed E-state index contributed by atoms with van der Waals surface area (Å²) in [6, 6.07) is 36.2. The number of fused-ring (bicyclic) bond motifs is 4. The molecule has 2 unspecified atom stereocenters. The van der Waals surface area contributed by atoms with Crippen LogP contribution in [0.15, 0.2) is 155 Å². The standard InChI is InChI=1S/C66H40N6O13S2/c1-29(69-59(73)43-19-11-35-39-15-23-47-57-48(64(78)71(63(47)77)31-3-7-33(8-4-31)86(67,81)82)24-16-40(53(39)57)36-12-20-44(60(69)74)55(43)51(35)36)27-85-28-30(2)70-61(75)45-21-13-37-41-17-25-49-58-50(66(80)72(65(49)79)32-5-9-34(10-6-32)87(68,83)84)26-18-42(54(41)58)38-14-22-46(62(70)76)56(45)52(37)38/h3-26,29-30H,27-28H2,1-2H3,(H2,67,81,82)(H2,68,83,84). The third-order valence-corrected chi connectivity index (χ3v) is 19.6. The van der Waals surface area contributed by atoms with E-state index in [1.807, 2.05) is 0 Å². The lowest BCUT2D eigenvalue weighted by atomic mass is 9.82. The van der Waals surface area contributed by atoms with Crippen molar-refractivity contribution in [3.63, 3.8) is 0 Å². The van der Waals surface area contributed by atoms with Gasteiger partial charge in [-0.15, -0.1) is 0 Å². The molecule has 87 heavy (non-hydrogen) atoms. The Hall–Kier alpha value is -10.4. The first-order valence-corrected chi connectivity index (χ1v) is 30.5. The van der Waals surface area contributed by atoms with Crippen LogP contribution >= 0.6 is 0 Å². The van der Waals surface area contributed by atoms with Crippen molar-refractivity contribution < 1.29 is 59.9 Å². The zero-order valence-electron chi connectivity index (χ0n) is 45.5. The van der Waals surface area contributed by atoms with E-state index < -0.39 is 79.4 Å². The van der Waals surface area contributed by atoms with Crippen LogP contribution in [-0.4, -0.2) is 99.2 Å². The summed E-state index contributed by atoms with van der Waals surface area (Å²) in [5.74, 6) is -4.61. The van der Waals surface area contributed by atoms with Gasteiger partial charge in [0.25, 0.3) is 47.3 Å². The van der Waals surface area contributed by atoms with Crippen molar-refractivity contribution in [2.24, 2.45) is 10.3 Å². The SMILES string of the molecule is CC(COCC(C)N1C(=O)c2ccc3c4ccc5c6c(ccc(c7ccc(c2c37)C1=O)c64)C(=O)N(c1ccc(S(N)(=O)=O)cc1)C5=O)N1C(=O)c2ccc3c4ccc5c6c(ccc(c7ccc(c2c37)C1=O)c64)C(=O)N(c1ccc(S(N)(=O)=O)cc1)C5=O. The lowest BCUT2D eigenvalue weighted by molar-refractivity contribution is 0.0236. The molecule has 0 fully saturated rings. The fourth-order valence-electron chi connectivity index (χ4n) is 14.0. The lowest BCUT2D eigenvalue weighted by Gasteiger charge is -2.34. The van der Waals surface area contributed by atoms with Crippen molar-refractivity contribution >= 4 is 165 Å². The van der Waals surface area contributed by atoms with E-state index >= 15 is 0 Å². The number of benzene rings is 12. The Labute approximate surface area is 491 Å². The van der Waals surface area contributed by atoms with E-state index in [1.165, 1.54) is 48.5 Å². The third-order valence-electron chi connectivity index (χ3n) is 17.8. The second-order valence-electron chi connectivity index (χ2n) is 22.5. The zero-order valence-corrected chi connectivity index (χ0v) is 47.1. The van der Waals surface area contributed by atoms with Crippen LogP contribution in [0.2, 0.25) is 0 Å². The van der Waals surface area contributed by atoms with Crippen LogP contribution in [0.4, 0.5) is 11.4 Å². The van der Waals surface area contributed by atoms with Crippen molar-refractivity contribution in [1.29, 1.82) is 0 Å². The largest absolute Gasteiger partial charge is 0.377 e. The average Bonchev–Trinajstić information content (AvgIpc) is 0.729. The van der Waals surface area contributed by atoms with Gasteiger partial charge in [0.15, 0.2) is 0 Å². The summed E-state index contributed by atoms with van der Waals surface area (Å²) >= 11 is 0. The van der Waals surface area contributed by atoms with Crippen LogP contribution in [0, 0.1) is 0 Å². The molecule has 0 spiro atoms. The number of imide groups is 4. The highest BCUT2D eigenvalue weighted by Gasteiger charge is 2.42. The summed E-state index contributed by atoms with van der Waals surface area (Å²) in [5, 5.41) is 20.6. The molecule has 4 aliphatic rings. The molecule has 0 aliphatic carbocycles. The molecule has 0 bridgehead atoms. The van der Waals surface area contributed by atoms with Gasteiger partial charge in [0.05, 0.1) is 46.5 Å². The summed E-state index contributed by atoms with van der Waals surface area (Å²) in [6.07, 6.45) is 0. The number of anilines is 2. The van der Waals surface area contributed by atoms with E-state index in [2.05, 4.69) is 0 Å². The highest BCUT2D eigenvalue weighted by Crippen LogP contribution is 2.49. The second-order valence-corrected chi connectivity index (χ2v) is 25.6. The molecule has 4 aliphatic heterocycles. The van der Waals surface area contributed by atoms with E-state index in [-0.39, 0.29) is 78.9 Å². The number of nitrogens with zero attached hydrogens (tertiary/aromatic N) is 4. The van der Waals surface area contributed by atoms with Gasteiger partial charge in [-0.05, 0) is 176 Å². The average molecular weight is 1190 g/mol. The van der Waals surface area contributed by atoms with Crippen molar-refractivity contribution in [2.75, 3.05) is 23.0 Å². The Balaban J connectivity index is 0.662. The number of primary sulfonamides is 2. The highest BCUT2D eigenvalue weighted by molar-refractivity contribution is 7.89. The summed E-state index contributed by atoms with van der Waals surface area (Å²) in [5.41, 5.74) is 2.49. The molecule has 2 atom stereocenters. The molecule has 0 saturated heterocycles. The number of rotatable bonds is 10. The molecule has 12 aromatic rings. The fraction of sp³-hybridized carbons (Fsp3) is 0.0909. The number of carbonyl (C=O) groups excluding carboxylic acids is 8. The quantitative estimate of drug-likeness (QED) is 0.0734. The molecule has 12 aromatic carbocycles. The first-order valence-electron chi connectivity index (χ1n) is 27.4. The molecule has 4 heterocycles. The van der Waals surface area contributed by atoms with Crippen LogP contribution in [0.25, 0.3) is 86.2 Å². The van der Waals surface area contributed by atoms with Gasteiger partial charge in [0.2, 0.25) is 20.0 Å². The molecule has 8 amide bonds. The predicted molar refractivity (Wildman–Crippen MR) is 324 cm³/mol. The molecule has 19 nitrogen and oxygen atoms in total. The minimum absolute atomic E-state index is 0.140. The Morgan fingerprint density at radius 1 is 0.310 bits per heavy atom. The van der Waals surface area contributed by atoms with E-state index in [0.29, 0.717) is 86.2 Å². The van der Waals surface area contributed by atoms with Gasteiger partial charge in [0.1, 0.15) is 0 Å². The first kappa shape index (κ1) is 52.2. The van der Waals surface area contributed by atoms with Crippen LogP contribution in [0.3, 0.4) is 0 Å². The summed E-state index contributed by atoms with van der Waals surface area (Å²) in [7, 11) is -8.06. The van der Waals surface area contributed by atoms with E-state index in [1.54, 1.807) is 111 Å². The fourth-order valence-corrected chi connectivity index (χ4v) is 15.0. The number of nitrogens with two attached hydrogens (primary N) is 2. The maximum atomic E-state index is 14.6. The number of hydrogen-bond acceptors (Lipinski definition) is 13. The molecule has 16 rings (SSSR count). The molecule has 0 radical (unpaired) electrons. The minimum Gasteiger partial charge on any atom is -0.377 e. The molecule has 21 heteroatoms. The maximum absolute atomic E-state index is 14.6. The summed E-state index contributed by atoms with van der Waals surface area (Å²) in [6.45, 7) is 3.08. The normalized spacial score (nSPS) is 16.1. The van der Waals surface area contributed by atoms with E-state index in [0.717, 1.165) is 19.6 Å². The molecule has 4 N–H and O–H groups in total. The Bertz CT molecular complexity index is 5030. The number of ether oxygens (including phenoxy) is 1. The maximum Gasteiger partial charge on any atom is 0.265 e. The zero-order chi connectivity index (χ0) is 60.3. The second kappa shape index (κ2) is 17.6. The van der Waals surface area contributed by atoms with E-state index in [9.17, 15) is 55.2 Å². The van der Waals surface area contributed by atoms with Crippen LogP contribution in [-0.2, 0) is 24.8 Å². The lowest BCUT2D eigenvalue weighted by Crippen LogP contribution is -2.49. The third kappa shape index (κ3) is 6.90. The van der Waals surface area contributed by atoms with Gasteiger partial charge in [-0.25, -0.2) is 36.9 Å². The van der Waals surface area contributed by atoms with Gasteiger partial charge >= 0.3 is 0 Å². The van der Waals surface area contributed by atoms with Gasteiger partial charge in [0, 0.05) is 66.1 Å². The Morgan fingerprint density at radius 2 is 0.517 bits per heavy atom. The van der Waals surface area contributed by atoms with Crippen molar-refractivity contribution in [1.82, 2.24) is 9.80 Å². The molecular weight excluding hydrogens is 1150 g/mol. The van der Waals surface area contributed by atoms with Crippen molar-refractivity contribution in [3.8, 4) is 0 Å². The van der Waals surface area contributed by atoms with Crippen LogP contribution in [0.1, 0.15) is 96.7 Å². The predicted octanol–water partition coefficient (Wildman–Crippen LogP) is 9.37. The molecule has 0 saturated carbocycles. The Morgan fingerprint density at radius 3 is 0.724 bits per heavy atom. The molecule has 424 valence electrons. The van der Waals surface area contributed by atoms with E-state index in [4.69, 9.17) is 15.0 Å². The topological polar surface area (TPSA) is 279 Å². The molecular formula is C66H40N6O13S2. The van der Waals surface area contributed by atoms with Gasteiger partial charge < -0.3 is 4.74 Å². The monoisotopic (exact) mass is 1190 g/mol. The van der Waals surface area contributed by atoms with Gasteiger partial charge in [-0.2, -0.15) is 0 Å². The number of amides is 8. The van der Waals surface area contributed by atoms with Crippen molar-refractivity contribution in [2.45, 2.75) is 35.7 Å². The Kier molecular flexibility index (Phi) is 10.5. The summed E-state index contributed by atoms with van der Waals surface area (Å²) < 4.78 is 54.0. The summed E-state index contributed by atoms with van der Waals surface area (Å²) in [4.78, 5) is 119. The van der Waals surface area contributed by atoms with Gasteiger partial charge in [-0.1, -0.05) is 48.5 Å². The molecule has 0 aromatic heterocycles. The number of hydrogen-bond donors (Lipinski definition) is 2. The smallest absolute Gasteiger partial charge is 0.265 e.